The minimum Gasteiger partial charge on any atom is -0.469 e. The average Bonchev–Trinajstić information content (AvgIpc) is 3.00. The summed E-state index contributed by atoms with van der Waals surface area (Å²) in [5.74, 6) is 1.01. The number of carbonyl (C=O) groups is 2. The number of hydrogen-bond acceptors (Lipinski definition) is 3. The summed E-state index contributed by atoms with van der Waals surface area (Å²) in [6, 6.07) is 11.4. The number of piperidine rings is 1. The number of amides is 3. The number of urea groups is 1. The molecule has 1 aromatic heterocycles. The van der Waals surface area contributed by atoms with Gasteiger partial charge in [-0.2, -0.15) is 0 Å². The Kier molecular flexibility index (Phi) is 4.65. The van der Waals surface area contributed by atoms with Gasteiger partial charge in [-0.05, 0) is 24.5 Å². The van der Waals surface area contributed by atoms with Crippen molar-refractivity contribution < 1.29 is 14.0 Å². The Morgan fingerprint density at radius 3 is 2.88 bits per heavy atom. The maximum atomic E-state index is 12.9. The first-order valence-corrected chi connectivity index (χ1v) is 9.16. The average molecular weight is 353 g/mol. The van der Waals surface area contributed by atoms with Crippen LogP contribution in [0.2, 0.25) is 0 Å². The molecule has 0 unspecified atom stereocenters. The van der Waals surface area contributed by atoms with Crippen molar-refractivity contribution in [2.45, 2.75) is 44.3 Å². The first-order chi connectivity index (χ1) is 12.7. The Morgan fingerprint density at radius 1 is 1.19 bits per heavy atom. The van der Waals surface area contributed by atoms with E-state index in [4.69, 9.17) is 4.42 Å². The Hall–Kier alpha value is -2.76. The molecule has 6 nitrogen and oxygen atoms in total. The number of aryl methyl sites for hydroxylation is 1. The lowest BCUT2D eigenvalue weighted by Crippen LogP contribution is -2.53. The summed E-state index contributed by atoms with van der Waals surface area (Å²) in [5.41, 5.74) is 2.09. The second-order valence-electron chi connectivity index (χ2n) is 6.94. The van der Waals surface area contributed by atoms with Crippen LogP contribution in [0.1, 0.15) is 42.2 Å². The monoisotopic (exact) mass is 353 g/mol. The fraction of sp³-hybridized carbons (Fsp3) is 0.400. The van der Waals surface area contributed by atoms with Gasteiger partial charge in [0, 0.05) is 24.9 Å². The van der Waals surface area contributed by atoms with Crippen LogP contribution in [0.5, 0.6) is 0 Å². The molecule has 2 aliphatic rings. The molecule has 3 amide bonds. The topological polar surface area (TPSA) is 74.6 Å². The molecule has 4 rings (SSSR count). The zero-order valence-electron chi connectivity index (χ0n) is 14.6. The van der Waals surface area contributed by atoms with Gasteiger partial charge in [-0.3, -0.25) is 4.79 Å². The molecule has 0 radical (unpaired) electrons. The number of rotatable bonds is 2. The number of hydrogen-bond donors (Lipinski definition) is 2. The Morgan fingerprint density at radius 2 is 2.04 bits per heavy atom. The van der Waals surface area contributed by atoms with Gasteiger partial charge in [0.25, 0.3) is 0 Å². The summed E-state index contributed by atoms with van der Waals surface area (Å²) < 4.78 is 5.49. The number of carbonyl (C=O) groups excluding carboxylic acids is 2. The van der Waals surface area contributed by atoms with Gasteiger partial charge in [-0.25, -0.2) is 4.79 Å². The first kappa shape index (κ1) is 16.7. The van der Waals surface area contributed by atoms with Crippen molar-refractivity contribution in [2.24, 2.45) is 0 Å². The van der Waals surface area contributed by atoms with Crippen molar-refractivity contribution in [3.63, 3.8) is 0 Å². The minimum absolute atomic E-state index is 0.0298. The lowest BCUT2D eigenvalue weighted by molar-refractivity contribution is -0.123. The molecule has 136 valence electrons. The Balaban J connectivity index is 1.48. The van der Waals surface area contributed by atoms with Crippen LogP contribution >= 0.6 is 0 Å². The molecule has 1 saturated heterocycles. The number of fused-ring (bicyclic) bond motifs is 1. The van der Waals surface area contributed by atoms with Gasteiger partial charge < -0.3 is 20.0 Å². The predicted molar refractivity (Wildman–Crippen MR) is 96.3 cm³/mol. The minimum atomic E-state index is -0.196. The maximum Gasteiger partial charge on any atom is 0.318 e. The molecule has 2 aromatic rings. The summed E-state index contributed by atoms with van der Waals surface area (Å²) in [5, 5.41) is 6.18. The van der Waals surface area contributed by atoms with Crippen LogP contribution < -0.4 is 10.6 Å². The van der Waals surface area contributed by atoms with E-state index in [-0.39, 0.29) is 24.0 Å². The molecule has 6 heteroatoms. The summed E-state index contributed by atoms with van der Waals surface area (Å²) in [7, 11) is 0. The maximum absolute atomic E-state index is 12.9. The number of nitrogens with one attached hydrogen (secondary N) is 2. The van der Waals surface area contributed by atoms with Gasteiger partial charge in [-0.15, -0.1) is 0 Å². The van der Waals surface area contributed by atoms with Gasteiger partial charge in [0.2, 0.25) is 5.91 Å². The summed E-state index contributed by atoms with van der Waals surface area (Å²) in [6.07, 6.45) is 4.51. The molecule has 2 aliphatic heterocycles. The van der Waals surface area contributed by atoms with E-state index in [9.17, 15) is 9.59 Å². The molecular weight excluding hydrogens is 330 g/mol. The molecule has 2 atom stereocenters. The zero-order valence-corrected chi connectivity index (χ0v) is 14.6. The highest BCUT2D eigenvalue weighted by molar-refractivity contribution is 5.79. The third-order valence-electron chi connectivity index (χ3n) is 5.19. The predicted octanol–water partition coefficient (Wildman–Crippen LogP) is 2.76. The molecule has 1 aromatic carbocycles. The lowest BCUT2D eigenvalue weighted by Gasteiger charge is -2.34. The number of benzene rings is 1. The Labute approximate surface area is 152 Å². The van der Waals surface area contributed by atoms with Crippen LogP contribution in [-0.2, 0) is 17.8 Å². The fourth-order valence-corrected chi connectivity index (χ4v) is 3.80. The van der Waals surface area contributed by atoms with Crippen LogP contribution in [0.15, 0.2) is 47.1 Å². The van der Waals surface area contributed by atoms with Crippen molar-refractivity contribution in [2.75, 3.05) is 6.54 Å². The molecule has 2 N–H and O–H groups in total. The van der Waals surface area contributed by atoms with E-state index in [1.165, 1.54) is 0 Å². The quantitative estimate of drug-likeness (QED) is 0.872. The van der Waals surface area contributed by atoms with Crippen LogP contribution in [-0.4, -0.2) is 29.4 Å². The van der Waals surface area contributed by atoms with Crippen LogP contribution in [0, 0.1) is 0 Å². The van der Waals surface area contributed by atoms with Crippen molar-refractivity contribution in [1.29, 1.82) is 0 Å². The van der Waals surface area contributed by atoms with Crippen molar-refractivity contribution in [1.82, 2.24) is 15.5 Å². The second-order valence-corrected chi connectivity index (χ2v) is 6.94. The standard InChI is InChI=1S/C20H23N3O3/c24-18-9-8-16(19(22-18)14-5-2-1-3-6-14)21-20(25)23-11-4-7-17-15(13-23)10-12-26-17/h1-3,5-6,10,12,16,19H,4,7-9,11,13H2,(H,21,25)(H,22,24)/t16-,19+/m1/s1. The van der Waals surface area contributed by atoms with E-state index in [0.717, 1.165) is 29.7 Å². The molecule has 0 saturated carbocycles. The largest absolute Gasteiger partial charge is 0.469 e. The third-order valence-corrected chi connectivity index (χ3v) is 5.19. The van der Waals surface area contributed by atoms with Crippen LogP contribution in [0.4, 0.5) is 4.79 Å². The van der Waals surface area contributed by atoms with Gasteiger partial charge in [0.15, 0.2) is 0 Å². The van der Waals surface area contributed by atoms with E-state index in [2.05, 4.69) is 10.6 Å². The van der Waals surface area contributed by atoms with Crippen LogP contribution in [0.25, 0.3) is 0 Å². The van der Waals surface area contributed by atoms with Gasteiger partial charge >= 0.3 is 6.03 Å². The molecule has 0 bridgehead atoms. The molecule has 3 heterocycles. The van der Waals surface area contributed by atoms with E-state index < -0.39 is 0 Å². The van der Waals surface area contributed by atoms with Crippen molar-refractivity contribution in [3.8, 4) is 0 Å². The summed E-state index contributed by atoms with van der Waals surface area (Å²) in [4.78, 5) is 26.6. The molecular formula is C20H23N3O3. The lowest BCUT2D eigenvalue weighted by atomic mass is 9.92. The SMILES string of the molecule is O=C1CC[C@@H](NC(=O)N2CCCc3occc3C2)[C@H](c2ccccc2)N1. The molecule has 0 spiro atoms. The second kappa shape index (κ2) is 7.23. The fourth-order valence-electron chi connectivity index (χ4n) is 3.80. The first-order valence-electron chi connectivity index (χ1n) is 9.16. The van der Waals surface area contributed by atoms with E-state index in [1.54, 1.807) is 6.26 Å². The highest BCUT2D eigenvalue weighted by Gasteiger charge is 2.32. The highest BCUT2D eigenvalue weighted by atomic mass is 16.3. The van der Waals surface area contributed by atoms with E-state index >= 15 is 0 Å². The molecule has 1 fully saturated rings. The van der Waals surface area contributed by atoms with Gasteiger partial charge in [0.1, 0.15) is 5.76 Å². The van der Waals surface area contributed by atoms with Crippen molar-refractivity contribution in [3.05, 3.63) is 59.5 Å². The zero-order chi connectivity index (χ0) is 17.9. The highest BCUT2D eigenvalue weighted by Crippen LogP contribution is 2.25. The number of furan rings is 1. The third kappa shape index (κ3) is 3.45. The van der Waals surface area contributed by atoms with Crippen LogP contribution in [0.3, 0.4) is 0 Å². The smallest absolute Gasteiger partial charge is 0.318 e. The normalized spacial score (nSPS) is 22.9. The number of nitrogens with zero attached hydrogens (tertiary/aromatic N) is 1. The molecule has 0 aliphatic carbocycles. The van der Waals surface area contributed by atoms with E-state index in [0.29, 0.717) is 25.9 Å². The summed E-state index contributed by atoms with van der Waals surface area (Å²) in [6.45, 7) is 1.26. The van der Waals surface area contributed by atoms with Gasteiger partial charge in [-0.1, -0.05) is 30.3 Å². The Bertz CT molecular complexity index is 787. The summed E-state index contributed by atoms with van der Waals surface area (Å²) >= 11 is 0. The van der Waals surface area contributed by atoms with Gasteiger partial charge in [0.05, 0.1) is 24.9 Å². The van der Waals surface area contributed by atoms with E-state index in [1.807, 2.05) is 41.3 Å². The van der Waals surface area contributed by atoms with Crippen molar-refractivity contribution >= 4 is 11.9 Å². The molecule has 26 heavy (non-hydrogen) atoms.